The number of nitrogens with zero attached hydrogens (tertiary/aromatic N) is 3. The van der Waals surface area contributed by atoms with Crippen molar-refractivity contribution in [3.05, 3.63) is 12.4 Å². The molecule has 19 heavy (non-hydrogen) atoms. The van der Waals surface area contributed by atoms with E-state index in [0.29, 0.717) is 18.7 Å². The van der Waals surface area contributed by atoms with Crippen LogP contribution in [0.5, 0.6) is 0 Å². The molecule has 8 heteroatoms. The zero-order chi connectivity index (χ0) is 14.0. The van der Waals surface area contributed by atoms with E-state index in [4.69, 9.17) is 5.73 Å². The molecule has 1 unspecified atom stereocenters. The quantitative estimate of drug-likeness (QED) is 0.804. The maximum Gasteiger partial charge on any atom is 0.244 e. The molecule has 2 heterocycles. The van der Waals surface area contributed by atoms with Gasteiger partial charge in [0.05, 0.1) is 23.4 Å². The van der Waals surface area contributed by atoms with Gasteiger partial charge in [-0.1, -0.05) is 0 Å². The van der Waals surface area contributed by atoms with E-state index >= 15 is 0 Å². The summed E-state index contributed by atoms with van der Waals surface area (Å²) in [6, 6.07) is -0.213. The largest absolute Gasteiger partial charge is 0.396 e. The van der Waals surface area contributed by atoms with Crippen LogP contribution in [0.2, 0.25) is 0 Å². The van der Waals surface area contributed by atoms with Gasteiger partial charge in [-0.15, -0.1) is 0 Å². The normalized spacial score (nSPS) is 21.4. The zero-order valence-electron chi connectivity index (χ0n) is 10.8. The van der Waals surface area contributed by atoms with Crippen molar-refractivity contribution in [1.82, 2.24) is 14.7 Å². The molecule has 0 spiro atoms. The number of amides is 1. The van der Waals surface area contributed by atoms with E-state index in [1.165, 1.54) is 10.9 Å². The number of likely N-dealkylation sites (N-methyl/N-ethyl adjacent to an activating group) is 1. The summed E-state index contributed by atoms with van der Waals surface area (Å²) in [6.07, 6.45) is 3.57. The average Bonchev–Trinajstić information content (AvgIpc) is 2.86. The lowest BCUT2D eigenvalue weighted by molar-refractivity contribution is -0.133. The Morgan fingerprint density at radius 1 is 1.63 bits per heavy atom. The van der Waals surface area contributed by atoms with Crippen LogP contribution in [-0.4, -0.2) is 53.1 Å². The van der Waals surface area contributed by atoms with Gasteiger partial charge in [-0.25, -0.2) is 8.42 Å². The summed E-state index contributed by atoms with van der Waals surface area (Å²) in [6.45, 7) is 2.43. The van der Waals surface area contributed by atoms with Crippen molar-refractivity contribution >= 4 is 21.4 Å². The van der Waals surface area contributed by atoms with Crippen molar-refractivity contribution in [2.45, 2.75) is 25.9 Å². The van der Waals surface area contributed by atoms with E-state index in [1.54, 1.807) is 11.1 Å². The lowest BCUT2D eigenvalue weighted by Gasteiger charge is -2.26. The number of rotatable bonds is 4. The Hall–Kier alpha value is -1.57. The Bertz CT molecular complexity index is 566. The fourth-order valence-electron chi connectivity index (χ4n) is 2.35. The van der Waals surface area contributed by atoms with Crippen LogP contribution in [0.1, 0.15) is 13.3 Å². The first-order valence-electron chi connectivity index (χ1n) is 6.19. The van der Waals surface area contributed by atoms with E-state index in [0.717, 1.165) is 0 Å². The molecule has 7 nitrogen and oxygen atoms in total. The van der Waals surface area contributed by atoms with Crippen molar-refractivity contribution in [2.75, 3.05) is 23.8 Å². The van der Waals surface area contributed by atoms with Crippen LogP contribution in [0.3, 0.4) is 0 Å². The summed E-state index contributed by atoms with van der Waals surface area (Å²) in [5.41, 5.74) is 6.03. The van der Waals surface area contributed by atoms with Crippen LogP contribution >= 0.6 is 0 Å². The molecule has 106 valence electrons. The molecule has 2 rings (SSSR count). The number of carbonyl (C=O) groups is 1. The molecule has 0 bridgehead atoms. The summed E-state index contributed by atoms with van der Waals surface area (Å²) < 4.78 is 24.4. The summed E-state index contributed by atoms with van der Waals surface area (Å²) in [5.74, 6) is 0.0944. The molecule has 1 aliphatic heterocycles. The molecule has 0 radical (unpaired) electrons. The molecule has 2 N–H and O–H groups in total. The highest BCUT2D eigenvalue weighted by atomic mass is 32.2. The molecule has 1 fully saturated rings. The Balaban J connectivity index is 2.03. The molecule has 1 aromatic rings. The lowest BCUT2D eigenvalue weighted by atomic mass is 10.2. The maximum absolute atomic E-state index is 12.2. The molecule has 1 aromatic heterocycles. The minimum Gasteiger partial charge on any atom is -0.396 e. The Morgan fingerprint density at radius 3 is 2.84 bits per heavy atom. The number of carbonyl (C=O) groups excluding carboxylic acids is 1. The van der Waals surface area contributed by atoms with Gasteiger partial charge in [-0.05, 0) is 13.3 Å². The lowest BCUT2D eigenvalue weighted by Crippen LogP contribution is -2.42. The Kier molecular flexibility index (Phi) is 3.79. The van der Waals surface area contributed by atoms with Crippen LogP contribution in [-0.2, 0) is 21.2 Å². The van der Waals surface area contributed by atoms with Crippen LogP contribution in [0.15, 0.2) is 12.4 Å². The van der Waals surface area contributed by atoms with Crippen molar-refractivity contribution in [3.63, 3.8) is 0 Å². The molecular weight excluding hydrogens is 268 g/mol. The zero-order valence-corrected chi connectivity index (χ0v) is 11.6. The molecule has 1 aliphatic rings. The predicted octanol–water partition coefficient (Wildman–Crippen LogP) is -0.499. The second-order valence-corrected chi connectivity index (χ2v) is 6.94. The third-order valence-electron chi connectivity index (χ3n) is 3.26. The second-order valence-electron chi connectivity index (χ2n) is 4.71. The molecule has 0 aromatic carbocycles. The smallest absolute Gasteiger partial charge is 0.244 e. The summed E-state index contributed by atoms with van der Waals surface area (Å²) in [5, 5.41) is 3.95. The first-order chi connectivity index (χ1) is 8.91. The molecular formula is C11H18N4O3S. The Morgan fingerprint density at radius 2 is 2.37 bits per heavy atom. The minimum atomic E-state index is -2.99. The first-order valence-corrected chi connectivity index (χ1v) is 8.01. The van der Waals surface area contributed by atoms with E-state index < -0.39 is 9.84 Å². The third-order valence-corrected chi connectivity index (χ3v) is 5.01. The first kappa shape index (κ1) is 13.9. The van der Waals surface area contributed by atoms with E-state index in [2.05, 4.69) is 5.10 Å². The van der Waals surface area contributed by atoms with Gasteiger partial charge >= 0.3 is 0 Å². The van der Waals surface area contributed by atoms with Crippen molar-refractivity contribution in [3.8, 4) is 0 Å². The molecule has 1 amide bonds. The van der Waals surface area contributed by atoms with Gasteiger partial charge in [-0.3, -0.25) is 9.48 Å². The number of aromatic nitrogens is 2. The molecule has 0 saturated carbocycles. The van der Waals surface area contributed by atoms with E-state index in [1.807, 2.05) is 6.92 Å². The number of anilines is 1. The third kappa shape index (κ3) is 3.25. The number of hydrogen-bond donors (Lipinski definition) is 1. The molecule has 1 saturated heterocycles. The van der Waals surface area contributed by atoms with Gasteiger partial charge in [-0.2, -0.15) is 5.10 Å². The van der Waals surface area contributed by atoms with Gasteiger partial charge in [0.15, 0.2) is 9.84 Å². The Labute approximate surface area is 112 Å². The van der Waals surface area contributed by atoms with Gasteiger partial charge in [0.25, 0.3) is 0 Å². The number of sulfone groups is 1. The fraction of sp³-hybridized carbons (Fsp3) is 0.636. The van der Waals surface area contributed by atoms with Gasteiger partial charge in [0, 0.05) is 18.8 Å². The maximum atomic E-state index is 12.2. The van der Waals surface area contributed by atoms with Crippen LogP contribution < -0.4 is 5.73 Å². The number of nitrogens with two attached hydrogens (primary N) is 1. The highest BCUT2D eigenvalue weighted by Crippen LogP contribution is 2.18. The minimum absolute atomic E-state index is 0.0633. The summed E-state index contributed by atoms with van der Waals surface area (Å²) in [7, 11) is -2.99. The second kappa shape index (κ2) is 5.20. The predicted molar refractivity (Wildman–Crippen MR) is 71.1 cm³/mol. The SMILES string of the molecule is CCN(C(=O)Cn1cc(N)cn1)C1CCS(=O)(=O)C1. The van der Waals surface area contributed by atoms with Crippen molar-refractivity contribution < 1.29 is 13.2 Å². The highest BCUT2D eigenvalue weighted by Gasteiger charge is 2.33. The standard InChI is InChI=1S/C11H18N4O3S/c1-2-15(10-3-4-19(17,18)8-10)11(16)7-14-6-9(12)5-13-14/h5-6,10H,2-4,7-8,12H2,1H3. The summed E-state index contributed by atoms with van der Waals surface area (Å²) >= 11 is 0. The van der Waals surface area contributed by atoms with Crippen LogP contribution in [0.4, 0.5) is 5.69 Å². The molecule has 1 atom stereocenters. The van der Waals surface area contributed by atoms with Crippen LogP contribution in [0.25, 0.3) is 0 Å². The highest BCUT2D eigenvalue weighted by molar-refractivity contribution is 7.91. The topological polar surface area (TPSA) is 98.3 Å². The van der Waals surface area contributed by atoms with Crippen molar-refractivity contribution in [1.29, 1.82) is 0 Å². The summed E-state index contributed by atoms with van der Waals surface area (Å²) in [4.78, 5) is 13.8. The number of hydrogen-bond acceptors (Lipinski definition) is 5. The van der Waals surface area contributed by atoms with Crippen LogP contribution in [0, 0.1) is 0 Å². The van der Waals surface area contributed by atoms with Gasteiger partial charge in [0.1, 0.15) is 6.54 Å². The van der Waals surface area contributed by atoms with Gasteiger partial charge < -0.3 is 10.6 Å². The average molecular weight is 286 g/mol. The monoisotopic (exact) mass is 286 g/mol. The van der Waals surface area contributed by atoms with E-state index in [-0.39, 0.29) is 30.0 Å². The number of nitrogen functional groups attached to an aromatic ring is 1. The van der Waals surface area contributed by atoms with Crippen molar-refractivity contribution in [2.24, 2.45) is 0 Å². The van der Waals surface area contributed by atoms with Gasteiger partial charge in [0.2, 0.25) is 5.91 Å². The molecule has 0 aliphatic carbocycles. The fourth-order valence-corrected chi connectivity index (χ4v) is 4.09. The van der Waals surface area contributed by atoms with E-state index in [9.17, 15) is 13.2 Å².